The van der Waals surface area contributed by atoms with Gasteiger partial charge in [0.05, 0.1) is 10.6 Å². The van der Waals surface area contributed by atoms with Gasteiger partial charge in [0.2, 0.25) is 0 Å². The fourth-order valence-corrected chi connectivity index (χ4v) is 3.13. The second-order valence-corrected chi connectivity index (χ2v) is 5.81. The maximum atomic E-state index is 13.3. The predicted octanol–water partition coefficient (Wildman–Crippen LogP) is 3.79. The van der Waals surface area contributed by atoms with E-state index in [1.165, 1.54) is 23.7 Å². The van der Waals surface area contributed by atoms with Gasteiger partial charge in [-0.2, -0.15) is 0 Å². The molecule has 108 valence electrons. The Morgan fingerprint density at radius 1 is 1.45 bits per heavy atom. The second kappa shape index (κ2) is 7.11. The Labute approximate surface area is 127 Å². The van der Waals surface area contributed by atoms with E-state index in [1.807, 2.05) is 7.05 Å². The summed E-state index contributed by atoms with van der Waals surface area (Å²) in [6.07, 6.45) is 2.55. The van der Waals surface area contributed by atoms with Crippen LogP contribution in [0.3, 0.4) is 0 Å². The third-order valence-corrected chi connectivity index (χ3v) is 4.42. The number of aromatic nitrogens is 2. The van der Waals surface area contributed by atoms with Gasteiger partial charge in [0.15, 0.2) is 0 Å². The van der Waals surface area contributed by atoms with Crippen molar-refractivity contribution in [3.8, 4) is 0 Å². The Kier molecular flexibility index (Phi) is 5.46. The average molecular weight is 314 g/mol. The van der Waals surface area contributed by atoms with Crippen LogP contribution in [0.15, 0.2) is 18.2 Å². The van der Waals surface area contributed by atoms with Gasteiger partial charge in [-0.1, -0.05) is 29.4 Å². The van der Waals surface area contributed by atoms with E-state index in [-0.39, 0.29) is 11.9 Å². The van der Waals surface area contributed by atoms with Gasteiger partial charge in [-0.25, -0.2) is 4.39 Å². The van der Waals surface area contributed by atoms with Gasteiger partial charge in [0.25, 0.3) is 0 Å². The Bertz CT molecular complexity index is 573. The van der Waals surface area contributed by atoms with E-state index in [2.05, 4.69) is 21.8 Å². The minimum atomic E-state index is -0.268. The summed E-state index contributed by atoms with van der Waals surface area (Å²) < 4.78 is 17.4. The molecule has 0 amide bonds. The molecular formula is C14H17ClFN3S. The van der Waals surface area contributed by atoms with Crippen LogP contribution < -0.4 is 5.32 Å². The molecular weight excluding hydrogens is 297 g/mol. The summed E-state index contributed by atoms with van der Waals surface area (Å²) in [5.41, 5.74) is 1.81. The number of aryl methyl sites for hydroxylation is 1. The number of nitrogens with one attached hydrogen (secondary N) is 1. The van der Waals surface area contributed by atoms with Crippen molar-refractivity contribution in [2.24, 2.45) is 0 Å². The summed E-state index contributed by atoms with van der Waals surface area (Å²) in [7, 11) is 1.88. The molecule has 1 N–H and O–H groups in total. The molecule has 1 unspecified atom stereocenters. The zero-order valence-corrected chi connectivity index (χ0v) is 13.1. The van der Waals surface area contributed by atoms with Gasteiger partial charge in [-0.05, 0) is 55.2 Å². The first-order valence-electron chi connectivity index (χ1n) is 6.58. The number of benzene rings is 1. The SMILES string of the molecule is CCCc1nnsc1C(Cc1cc(F)ccc1Cl)NC. The lowest BCUT2D eigenvalue weighted by Gasteiger charge is -2.16. The molecule has 6 heteroatoms. The van der Waals surface area contributed by atoms with Crippen LogP contribution in [0.4, 0.5) is 4.39 Å². The number of nitrogens with zero attached hydrogens (tertiary/aromatic N) is 2. The Morgan fingerprint density at radius 3 is 2.95 bits per heavy atom. The van der Waals surface area contributed by atoms with Gasteiger partial charge in [0, 0.05) is 11.1 Å². The van der Waals surface area contributed by atoms with E-state index in [9.17, 15) is 4.39 Å². The van der Waals surface area contributed by atoms with Crippen LogP contribution in [0.5, 0.6) is 0 Å². The molecule has 0 saturated carbocycles. The fraction of sp³-hybridized carbons (Fsp3) is 0.429. The molecule has 1 aromatic heterocycles. The summed E-state index contributed by atoms with van der Waals surface area (Å²) in [6.45, 7) is 2.11. The molecule has 0 aliphatic rings. The first-order chi connectivity index (χ1) is 9.65. The number of rotatable bonds is 6. The molecule has 0 aliphatic heterocycles. The van der Waals surface area contributed by atoms with Gasteiger partial charge in [-0.15, -0.1) is 5.10 Å². The molecule has 0 radical (unpaired) electrons. The zero-order valence-electron chi connectivity index (χ0n) is 11.5. The summed E-state index contributed by atoms with van der Waals surface area (Å²) in [5.74, 6) is -0.268. The van der Waals surface area contributed by atoms with Crippen LogP contribution in [0.2, 0.25) is 5.02 Å². The van der Waals surface area contributed by atoms with Crippen LogP contribution in [0.25, 0.3) is 0 Å². The summed E-state index contributed by atoms with van der Waals surface area (Å²) in [5, 5.41) is 8.01. The summed E-state index contributed by atoms with van der Waals surface area (Å²) in [6, 6.07) is 4.50. The molecule has 20 heavy (non-hydrogen) atoms. The first-order valence-corrected chi connectivity index (χ1v) is 7.73. The van der Waals surface area contributed by atoms with Crippen molar-refractivity contribution in [2.75, 3.05) is 7.05 Å². The molecule has 1 atom stereocenters. The molecule has 2 aromatic rings. The largest absolute Gasteiger partial charge is 0.312 e. The quantitative estimate of drug-likeness (QED) is 0.881. The highest BCUT2D eigenvalue weighted by molar-refractivity contribution is 7.05. The first kappa shape index (κ1) is 15.4. The Balaban J connectivity index is 2.24. The average Bonchev–Trinajstić information content (AvgIpc) is 2.88. The minimum absolute atomic E-state index is 0.0517. The predicted molar refractivity (Wildman–Crippen MR) is 80.8 cm³/mol. The minimum Gasteiger partial charge on any atom is -0.312 e. The van der Waals surface area contributed by atoms with Gasteiger partial charge in [0.1, 0.15) is 5.82 Å². The fourth-order valence-electron chi connectivity index (χ4n) is 2.14. The van der Waals surface area contributed by atoms with E-state index in [4.69, 9.17) is 11.6 Å². The van der Waals surface area contributed by atoms with Crippen molar-refractivity contribution in [2.45, 2.75) is 32.2 Å². The smallest absolute Gasteiger partial charge is 0.123 e. The van der Waals surface area contributed by atoms with Crippen molar-refractivity contribution in [3.63, 3.8) is 0 Å². The molecule has 1 heterocycles. The topological polar surface area (TPSA) is 37.8 Å². The molecule has 1 aromatic carbocycles. The molecule has 0 bridgehead atoms. The van der Waals surface area contributed by atoms with E-state index in [0.29, 0.717) is 11.4 Å². The Morgan fingerprint density at radius 2 is 2.25 bits per heavy atom. The van der Waals surface area contributed by atoms with E-state index in [1.54, 1.807) is 6.07 Å². The normalized spacial score (nSPS) is 12.6. The maximum absolute atomic E-state index is 13.3. The summed E-state index contributed by atoms with van der Waals surface area (Å²) >= 11 is 7.53. The molecule has 0 spiro atoms. The number of hydrogen-bond acceptors (Lipinski definition) is 4. The van der Waals surface area contributed by atoms with E-state index >= 15 is 0 Å². The Hall–Kier alpha value is -1.04. The second-order valence-electron chi connectivity index (χ2n) is 4.61. The van der Waals surface area contributed by atoms with E-state index < -0.39 is 0 Å². The maximum Gasteiger partial charge on any atom is 0.123 e. The lowest BCUT2D eigenvalue weighted by molar-refractivity contribution is 0.585. The van der Waals surface area contributed by atoms with E-state index in [0.717, 1.165) is 29.0 Å². The molecule has 0 saturated heterocycles. The molecule has 2 rings (SSSR count). The third kappa shape index (κ3) is 3.53. The zero-order chi connectivity index (χ0) is 14.5. The van der Waals surface area contributed by atoms with Crippen molar-refractivity contribution >= 4 is 23.1 Å². The standard InChI is InChI=1S/C14H17ClFN3S/c1-3-4-12-14(20-19-18-12)13(17-2)8-9-7-10(16)5-6-11(9)15/h5-7,13,17H,3-4,8H2,1-2H3. The lowest BCUT2D eigenvalue weighted by Crippen LogP contribution is -2.19. The third-order valence-electron chi connectivity index (χ3n) is 3.17. The van der Waals surface area contributed by atoms with Crippen LogP contribution in [-0.4, -0.2) is 16.6 Å². The van der Waals surface area contributed by atoms with Crippen molar-refractivity contribution < 1.29 is 4.39 Å². The van der Waals surface area contributed by atoms with Crippen molar-refractivity contribution in [1.29, 1.82) is 0 Å². The number of hydrogen-bond donors (Lipinski definition) is 1. The van der Waals surface area contributed by atoms with Gasteiger partial charge in [-0.3, -0.25) is 0 Å². The van der Waals surface area contributed by atoms with Crippen molar-refractivity contribution in [1.82, 2.24) is 14.9 Å². The number of likely N-dealkylation sites (N-methyl/N-ethyl adjacent to an activating group) is 1. The lowest BCUT2D eigenvalue weighted by atomic mass is 10.0. The van der Waals surface area contributed by atoms with Crippen LogP contribution in [-0.2, 0) is 12.8 Å². The highest BCUT2D eigenvalue weighted by atomic mass is 35.5. The van der Waals surface area contributed by atoms with Crippen LogP contribution in [0.1, 0.15) is 35.5 Å². The highest BCUT2D eigenvalue weighted by Crippen LogP contribution is 2.28. The molecule has 0 fully saturated rings. The van der Waals surface area contributed by atoms with Gasteiger partial charge >= 0.3 is 0 Å². The summed E-state index contributed by atoms with van der Waals surface area (Å²) in [4.78, 5) is 1.11. The molecule has 3 nitrogen and oxygen atoms in total. The van der Waals surface area contributed by atoms with Crippen LogP contribution >= 0.6 is 23.1 Å². The molecule has 0 aliphatic carbocycles. The van der Waals surface area contributed by atoms with Gasteiger partial charge < -0.3 is 5.32 Å². The van der Waals surface area contributed by atoms with Crippen LogP contribution in [0, 0.1) is 5.82 Å². The monoisotopic (exact) mass is 313 g/mol. The number of halogens is 2. The van der Waals surface area contributed by atoms with Crippen molar-refractivity contribution in [3.05, 3.63) is 45.2 Å². The highest BCUT2D eigenvalue weighted by Gasteiger charge is 2.19.